The zero-order chi connectivity index (χ0) is 13.5. The number of carbonyl (C=O) groups excluding carboxylic acids is 1. The third-order valence-electron chi connectivity index (χ3n) is 4.57. The fourth-order valence-electron chi connectivity index (χ4n) is 3.65. The van der Waals surface area contributed by atoms with E-state index in [9.17, 15) is 4.79 Å². The maximum absolute atomic E-state index is 12.6. The molecule has 3 nitrogen and oxygen atoms in total. The number of hydrogen-bond donors (Lipinski definition) is 1. The second-order valence-corrected chi connectivity index (χ2v) is 6.08. The molecular weight excluding hydrogens is 236 g/mol. The molecule has 2 aliphatic heterocycles. The van der Waals surface area contributed by atoms with E-state index in [4.69, 9.17) is 0 Å². The van der Waals surface area contributed by atoms with Gasteiger partial charge < -0.3 is 10.2 Å². The molecule has 1 amide bonds. The highest BCUT2D eigenvalue weighted by Gasteiger charge is 2.44. The molecule has 0 radical (unpaired) electrons. The number of nitrogens with one attached hydrogen (secondary N) is 1. The predicted octanol–water partition coefficient (Wildman–Crippen LogP) is 2.45. The Morgan fingerprint density at radius 2 is 1.89 bits per heavy atom. The van der Waals surface area contributed by atoms with Crippen LogP contribution in [0.2, 0.25) is 0 Å². The van der Waals surface area contributed by atoms with Crippen molar-refractivity contribution in [2.75, 3.05) is 18.0 Å². The van der Waals surface area contributed by atoms with Gasteiger partial charge in [0.1, 0.15) is 0 Å². The lowest BCUT2D eigenvalue weighted by molar-refractivity contribution is -0.121. The van der Waals surface area contributed by atoms with Gasteiger partial charge in [-0.3, -0.25) is 4.79 Å². The first-order chi connectivity index (χ1) is 9.14. The number of amides is 1. The van der Waals surface area contributed by atoms with Crippen molar-refractivity contribution >= 4 is 11.6 Å². The molecule has 0 aliphatic carbocycles. The summed E-state index contributed by atoms with van der Waals surface area (Å²) in [4.78, 5) is 14.6. The maximum atomic E-state index is 12.6. The Morgan fingerprint density at radius 3 is 2.58 bits per heavy atom. The predicted molar refractivity (Wildman–Crippen MR) is 77.5 cm³/mol. The van der Waals surface area contributed by atoms with Crippen molar-refractivity contribution in [3.8, 4) is 0 Å². The second-order valence-electron chi connectivity index (χ2n) is 6.08. The molecule has 1 saturated heterocycles. The number of anilines is 1. The molecule has 3 rings (SSSR count). The van der Waals surface area contributed by atoms with Crippen LogP contribution in [0.15, 0.2) is 24.3 Å². The Hall–Kier alpha value is -1.35. The van der Waals surface area contributed by atoms with E-state index in [0.717, 1.165) is 31.6 Å². The van der Waals surface area contributed by atoms with Crippen LogP contribution in [0, 0.1) is 0 Å². The van der Waals surface area contributed by atoms with Crippen molar-refractivity contribution in [2.24, 2.45) is 0 Å². The smallest absolute Gasteiger partial charge is 0.228 e. The molecule has 1 N–H and O–H groups in total. The summed E-state index contributed by atoms with van der Waals surface area (Å²) < 4.78 is 0. The number of fused-ring (bicyclic) bond motifs is 2. The number of piperidine rings is 1. The fourth-order valence-corrected chi connectivity index (χ4v) is 3.65. The van der Waals surface area contributed by atoms with E-state index >= 15 is 0 Å². The summed E-state index contributed by atoms with van der Waals surface area (Å²) in [5, 5.41) is 3.41. The minimum Gasteiger partial charge on any atom is -0.317 e. The molecule has 1 aromatic rings. The monoisotopic (exact) mass is 258 g/mol. The zero-order valence-electron chi connectivity index (χ0n) is 11.8. The van der Waals surface area contributed by atoms with E-state index in [-0.39, 0.29) is 17.4 Å². The molecule has 19 heavy (non-hydrogen) atoms. The van der Waals surface area contributed by atoms with Gasteiger partial charge in [0.2, 0.25) is 5.91 Å². The number of para-hydroxylation sites is 1. The van der Waals surface area contributed by atoms with Gasteiger partial charge >= 0.3 is 0 Å². The van der Waals surface area contributed by atoms with Crippen molar-refractivity contribution in [3.63, 3.8) is 0 Å². The number of hydrogen-bond acceptors (Lipinski definition) is 2. The molecule has 3 heteroatoms. The van der Waals surface area contributed by atoms with Crippen LogP contribution >= 0.6 is 0 Å². The summed E-state index contributed by atoms with van der Waals surface area (Å²) in [5.74, 6) is 0.288. The van der Waals surface area contributed by atoms with Gasteiger partial charge in [-0.05, 0) is 51.4 Å². The molecule has 0 unspecified atom stereocenters. The molecule has 0 aromatic heterocycles. The van der Waals surface area contributed by atoms with Crippen LogP contribution in [0.3, 0.4) is 0 Å². The van der Waals surface area contributed by atoms with Crippen LogP contribution in [0.5, 0.6) is 0 Å². The Bertz CT molecular complexity index is 489. The summed E-state index contributed by atoms with van der Waals surface area (Å²) in [6.07, 6.45) is 2.81. The first-order valence-electron chi connectivity index (χ1n) is 7.26. The van der Waals surface area contributed by atoms with Crippen molar-refractivity contribution in [3.05, 3.63) is 29.8 Å². The van der Waals surface area contributed by atoms with E-state index in [2.05, 4.69) is 37.4 Å². The Balaban J connectivity index is 2.11. The van der Waals surface area contributed by atoms with Crippen molar-refractivity contribution in [2.45, 2.75) is 44.6 Å². The highest BCUT2D eigenvalue weighted by molar-refractivity contribution is 5.98. The third-order valence-corrected chi connectivity index (χ3v) is 4.57. The molecule has 2 heterocycles. The fraction of sp³-hybridized carbons (Fsp3) is 0.562. The lowest BCUT2D eigenvalue weighted by Gasteiger charge is -2.46. The molecule has 2 aliphatic rings. The average Bonchev–Trinajstić information content (AvgIpc) is 2.39. The van der Waals surface area contributed by atoms with Gasteiger partial charge in [-0.2, -0.15) is 0 Å². The SMILES string of the molecule is CC(C)N1C(=O)CC2(CCNCC2)c2ccccc21. The minimum atomic E-state index is 0.0737. The van der Waals surface area contributed by atoms with Crippen molar-refractivity contribution in [1.82, 2.24) is 5.32 Å². The summed E-state index contributed by atoms with van der Waals surface area (Å²) >= 11 is 0. The van der Waals surface area contributed by atoms with Crippen LogP contribution in [0.4, 0.5) is 5.69 Å². The standard InChI is InChI=1S/C16H22N2O/c1-12(2)18-14-6-4-3-5-13(14)16(11-15(18)19)7-9-17-10-8-16/h3-6,12,17H,7-11H2,1-2H3. The summed E-state index contributed by atoms with van der Waals surface area (Å²) in [5.41, 5.74) is 2.59. The van der Waals surface area contributed by atoms with Crippen LogP contribution in [-0.4, -0.2) is 25.0 Å². The van der Waals surface area contributed by atoms with Gasteiger partial charge in [0.25, 0.3) is 0 Å². The Kier molecular flexibility index (Phi) is 3.09. The molecule has 0 bridgehead atoms. The van der Waals surface area contributed by atoms with Crippen molar-refractivity contribution < 1.29 is 4.79 Å². The first-order valence-corrected chi connectivity index (χ1v) is 7.26. The first kappa shape index (κ1) is 12.7. The maximum Gasteiger partial charge on any atom is 0.228 e. The lowest BCUT2D eigenvalue weighted by atomic mass is 9.68. The Labute approximate surface area is 115 Å². The number of benzene rings is 1. The minimum absolute atomic E-state index is 0.0737. The average molecular weight is 258 g/mol. The molecule has 0 saturated carbocycles. The van der Waals surface area contributed by atoms with E-state index < -0.39 is 0 Å². The zero-order valence-corrected chi connectivity index (χ0v) is 11.8. The van der Waals surface area contributed by atoms with Crippen LogP contribution in [0.1, 0.15) is 38.7 Å². The number of rotatable bonds is 1. The summed E-state index contributed by atoms with van der Waals surface area (Å²) in [6.45, 7) is 6.22. The largest absolute Gasteiger partial charge is 0.317 e. The molecule has 0 atom stereocenters. The molecular formula is C16H22N2O. The molecule has 1 fully saturated rings. The molecule has 1 aromatic carbocycles. The summed E-state index contributed by atoms with van der Waals surface area (Å²) in [7, 11) is 0. The van der Waals surface area contributed by atoms with E-state index in [1.807, 2.05) is 11.0 Å². The number of carbonyl (C=O) groups is 1. The van der Waals surface area contributed by atoms with Crippen LogP contribution in [-0.2, 0) is 10.2 Å². The van der Waals surface area contributed by atoms with Gasteiger partial charge in [-0.25, -0.2) is 0 Å². The van der Waals surface area contributed by atoms with Crippen LogP contribution < -0.4 is 10.2 Å². The van der Waals surface area contributed by atoms with Gasteiger partial charge in [0.15, 0.2) is 0 Å². The lowest BCUT2D eigenvalue weighted by Crippen LogP contribution is -2.50. The topological polar surface area (TPSA) is 32.3 Å². The third kappa shape index (κ3) is 1.96. The van der Waals surface area contributed by atoms with Crippen molar-refractivity contribution in [1.29, 1.82) is 0 Å². The van der Waals surface area contributed by atoms with E-state index in [1.165, 1.54) is 5.56 Å². The quantitative estimate of drug-likeness (QED) is 0.839. The summed E-state index contributed by atoms with van der Waals surface area (Å²) in [6, 6.07) is 8.71. The van der Waals surface area contributed by atoms with Gasteiger partial charge in [0.05, 0.1) is 0 Å². The van der Waals surface area contributed by atoms with E-state index in [1.54, 1.807) is 0 Å². The Morgan fingerprint density at radius 1 is 1.21 bits per heavy atom. The van der Waals surface area contributed by atoms with E-state index in [0.29, 0.717) is 6.42 Å². The highest BCUT2D eigenvalue weighted by atomic mass is 16.2. The second kappa shape index (κ2) is 4.64. The van der Waals surface area contributed by atoms with Gasteiger partial charge in [-0.15, -0.1) is 0 Å². The number of nitrogens with zero attached hydrogens (tertiary/aromatic N) is 1. The van der Waals surface area contributed by atoms with Gasteiger partial charge in [-0.1, -0.05) is 18.2 Å². The molecule has 102 valence electrons. The highest BCUT2D eigenvalue weighted by Crippen LogP contribution is 2.46. The van der Waals surface area contributed by atoms with Gasteiger partial charge in [0, 0.05) is 23.6 Å². The van der Waals surface area contributed by atoms with Crippen LogP contribution in [0.25, 0.3) is 0 Å². The normalized spacial score (nSPS) is 21.8. The molecule has 1 spiro atoms.